The molecule has 8 heteroatoms. The van der Waals surface area contributed by atoms with E-state index in [4.69, 9.17) is 4.74 Å². The maximum absolute atomic E-state index is 13.8. The van der Waals surface area contributed by atoms with Crippen LogP contribution < -0.4 is 0 Å². The number of benzene rings is 1. The topological polar surface area (TPSA) is 96.9 Å². The standard InChI is InChI=1S/C26H29N3O5/c1-2-34-24(32)21-12-6-7-14-28(21)22(30)15-26(20-10-4-3-5-11-20)16-23(31)29(25(26)33)18-19-9-8-13-27-17-19/h3-5,8-11,13,17,21H,2,6-7,12,14-16,18H2,1H3/t21-,26-/m1/s1. The van der Waals surface area contributed by atoms with Crippen LogP contribution in [0, 0.1) is 0 Å². The average Bonchev–Trinajstić information content (AvgIpc) is 3.10. The van der Waals surface area contributed by atoms with E-state index in [0.717, 1.165) is 18.4 Å². The van der Waals surface area contributed by atoms with Crippen molar-refractivity contribution < 1.29 is 23.9 Å². The molecule has 4 rings (SSSR count). The Morgan fingerprint density at radius 2 is 1.91 bits per heavy atom. The molecule has 2 aliphatic heterocycles. The number of piperidine rings is 1. The molecule has 0 bridgehead atoms. The van der Waals surface area contributed by atoms with Gasteiger partial charge in [0.15, 0.2) is 0 Å². The number of carbonyl (C=O) groups is 4. The molecule has 3 heterocycles. The minimum Gasteiger partial charge on any atom is -0.464 e. The van der Waals surface area contributed by atoms with E-state index in [9.17, 15) is 19.2 Å². The van der Waals surface area contributed by atoms with Gasteiger partial charge in [0, 0.05) is 31.8 Å². The van der Waals surface area contributed by atoms with Gasteiger partial charge in [0.05, 0.1) is 18.6 Å². The lowest BCUT2D eigenvalue weighted by molar-refractivity contribution is -0.157. The molecule has 34 heavy (non-hydrogen) atoms. The fourth-order valence-corrected chi connectivity index (χ4v) is 4.93. The second kappa shape index (κ2) is 10.2. The number of hydrogen-bond acceptors (Lipinski definition) is 6. The van der Waals surface area contributed by atoms with Crippen LogP contribution in [0.15, 0.2) is 54.9 Å². The molecular formula is C26H29N3O5. The Bertz CT molecular complexity index is 1060. The van der Waals surface area contributed by atoms with Crippen molar-refractivity contribution in [3.05, 3.63) is 66.0 Å². The number of rotatable bonds is 7. The van der Waals surface area contributed by atoms with Crippen LogP contribution in [-0.4, -0.2) is 57.7 Å². The fraction of sp³-hybridized carbons (Fsp3) is 0.423. The molecule has 0 radical (unpaired) electrons. The Labute approximate surface area is 198 Å². The van der Waals surface area contributed by atoms with Crippen molar-refractivity contribution in [2.45, 2.75) is 57.0 Å². The molecule has 0 aliphatic carbocycles. The molecule has 2 aliphatic rings. The van der Waals surface area contributed by atoms with Gasteiger partial charge in [-0.1, -0.05) is 36.4 Å². The van der Waals surface area contributed by atoms with Crippen molar-refractivity contribution >= 4 is 23.7 Å². The first-order valence-corrected chi connectivity index (χ1v) is 11.7. The Kier molecular flexibility index (Phi) is 7.05. The molecule has 2 aromatic rings. The summed E-state index contributed by atoms with van der Waals surface area (Å²) < 4.78 is 5.20. The number of imide groups is 1. The van der Waals surface area contributed by atoms with Gasteiger partial charge in [0.25, 0.3) is 0 Å². The summed E-state index contributed by atoms with van der Waals surface area (Å²) in [4.78, 5) is 59.8. The van der Waals surface area contributed by atoms with E-state index in [0.29, 0.717) is 18.5 Å². The summed E-state index contributed by atoms with van der Waals surface area (Å²) >= 11 is 0. The summed E-state index contributed by atoms with van der Waals surface area (Å²) in [6.07, 6.45) is 5.10. The zero-order valence-corrected chi connectivity index (χ0v) is 19.3. The van der Waals surface area contributed by atoms with Gasteiger partial charge in [-0.15, -0.1) is 0 Å². The normalized spacial score (nSPS) is 22.7. The number of nitrogens with zero attached hydrogens (tertiary/aromatic N) is 3. The maximum Gasteiger partial charge on any atom is 0.328 e. The van der Waals surface area contributed by atoms with E-state index in [1.165, 1.54) is 9.80 Å². The third-order valence-corrected chi connectivity index (χ3v) is 6.63. The van der Waals surface area contributed by atoms with Crippen molar-refractivity contribution in [2.24, 2.45) is 0 Å². The number of ether oxygens (including phenoxy) is 1. The predicted molar refractivity (Wildman–Crippen MR) is 123 cm³/mol. The Balaban J connectivity index is 1.64. The van der Waals surface area contributed by atoms with E-state index in [-0.39, 0.29) is 37.8 Å². The highest BCUT2D eigenvalue weighted by atomic mass is 16.5. The maximum atomic E-state index is 13.8. The smallest absolute Gasteiger partial charge is 0.328 e. The lowest BCUT2D eigenvalue weighted by Crippen LogP contribution is -2.51. The van der Waals surface area contributed by atoms with Crippen LogP contribution in [0.25, 0.3) is 0 Å². The zero-order chi connectivity index (χ0) is 24.1. The first-order chi connectivity index (χ1) is 16.5. The molecule has 0 saturated carbocycles. The highest BCUT2D eigenvalue weighted by molar-refractivity contribution is 6.10. The molecular weight excluding hydrogens is 434 g/mol. The van der Waals surface area contributed by atoms with Crippen molar-refractivity contribution in [2.75, 3.05) is 13.2 Å². The van der Waals surface area contributed by atoms with Crippen LogP contribution in [0.3, 0.4) is 0 Å². The molecule has 178 valence electrons. The summed E-state index contributed by atoms with van der Waals surface area (Å²) in [6, 6.07) is 11.9. The van der Waals surface area contributed by atoms with Gasteiger partial charge in [-0.05, 0) is 43.4 Å². The number of pyridine rings is 1. The number of hydrogen-bond donors (Lipinski definition) is 0. The summed E-state index contributed by atoms with van der Waals surface area (Å²) in [5.74, 6) is -1.46. The largest absolute Gasteiger partial charge is 0.464 e. The monoisotopic (exact) mass is 463 g/mol. The quantitative estimate of drug-likeness (QED) is 0.463. The van der Waals surface area contributed by atoms with E-state index in [2.05, 4.69) is 4.98 Å². The Morgan fingerprint density at radius 1 is 1.12 bits per heavy atom. The lowest BCUT2D eigenvalue weighted by atomic mass is 9.75. The third-order valence-electron chi connectivity index (χ3n) is 6.63. The number of esters is 1. The van der Waals surface area contributed by atoms with E-state index in [1.54, 1.807) is 55.7 Å². The van der Waals surface area contributed by atoms with Gasteiger partial charge in [-0.3, -0.25) is 24.3 Å². The summed E-state index contributed by atoms with van der Waals surface area (Å²) in [6.45, 7) is 2.50. The van der Waals surface area contributed by atoms with Crippen molar-refractivity contribution in [3.8, 4) is 0 Å². The van der Waals surface area contributed by atoms with Crippen LogP contribution in [0.4, 0.5) is 0 Å². The molecule has 0 N–H and O–H groups in total. The lowest BCUT2D eigenvalue weighted by Gasteiger charge is -2.36. The summed E-state index contributed by atoms with van der Waals surface area (Å²) in [5.41, 5.74) is 0.0479. The molecule has 2 atom stereocenters. The summed E-state index contributed by atoms with van der Waals surface area (Å²) in [7, 11) is 0. The van der Waals surface area contributed by atoms with E-state index >= 15 is 0 Å². The highest BCUT2D eigenvalue weighted by Gasteiger charge is 2.54. The van der Waals surface area contributed by atoms with Crippen LogP contribution in [0.5, 0.6) is 0 Å². The molecule has 1 aromatic heterocycles. The minimum atomic E-state index is -1.31. The number of aromatic nitrogens is 1. The molecule has 2 saturated heterocycles. The second-order valence-corrected chi connectivity index (χ2v) is 8.80. The Morgan fingerprint density at radius 3 is 2.62 bits per heavy atom. The highest BCUT2D eigenvalue weighted by Crippen LogP contribution is 2.41. The number of likely N-dealkylation sites (tertiary alicyclic amines) is 2. The number of carbonyl (C=O) groups excluding carboxylic acids is 4. The molecule has 2 fully saturated rings. The van der Waals surface area contributed by atoms with Crippen LogP contribution in [0.1, 0.15) is 50.2 Å². The Hall–Kier alpha value is -3.55. The van der Waals surface area contributed by atoms with Crippen molar-refractivity contribution in [1.29, 1.82) is 0 Å². The van der Waals surface area contributed by atoms with E-state index in [1.807, 2.05) is 6.07 Å². The van der Waals surface area contributed by atoms with Crippen LogP contribution in [0.2, 0.25) is 0 Å². The first-order valence-electron chi connectivity index (χ1n) is 11.7. The van der Waals surface area contributed by atoms with Gasteiger partial charge in [-0.2, -0.15) is 0 Å². The molecule has 0 spiro atoms. The fourth-order valence-electron chi connectivity index (χ4n) is 4.93. The van der Waals surface area contributed by atoms with Crippen molar-refractivity contribution in [1.82, 2.24) is 14.8 Å². The third kappa shape index (κ3) is 4.58. The average molecular weight is 464 g/mol. The van der Waals surface area contributed by atoms with Crippen molar-refractivity contribution in [3.63, 3.8) is 0 Å². The van der Waals surface area contributed by atoms with Gasteiger partial charge in [0.1, 0.15) is 6.04 Å². The molecule has 3 amide bonds. The molecule has 8 nitrogen and oxygen atoms in total. The van der Waals surface area contributed by atoms with E-state index < -0.39 is 23.3 Å². The first kappa shape index (κ1) is 23.6. The molecule has 0 unspecified atom stereocenters. The summed E-state index contributed by atoms with van der Waals surface area (Å²) in [5, 5.41) is 0. The van der Waals surface area contributed by atoms with Crippen LogP contribution >= 0.6 is 0 Å². The van der Waals surface area contributed by atoms with Gasteiger partial charge < -0.3 is 9.64 Å². The molecule has 1 aromatic carbocycles. The number of amides is 3. The second-order valence-electron chi connectivity index (χ2n) is 8.80. The van der Waals surface area contributed by atoms with Gasteiger partial charge >= 0.3 is 5.97 Å². The van der Waals surface area contributed by atoms with Crippen LogP contribution in [-0.2, 0) is 35.9 Å². The SMILES string of the molecule is CCOC(=O)[C@H]1CCCCN1C(=O)C[C@]1(c2ccccc2)CC(=O)N(Cc2cccnc2)C1=O. The van der Waals surface area contributed by atoms with Gasteiger partial charge in [0.2, 0.25) is 17.7 Å². The zero-order valence-electron chi connectivity index (χ0n) is 19.3. The predicted octanol–water partition coefficient (Wildman–Crippen LogP) is 2.61. The minimum absolute atomic E-state index is 0.0975. The van der Waals surface area contributed by atoms with Gasteiger partial charge in [-0.25, -0.2) is 4.79 Å².